The van der Waals surface area contributed by atoms with Crippen molar-refractivity contribution >= 4 is 27.5 Å². The van der Waals surface area contributed by atoms with Gasteiger partial charge in [0.05, 0.1) is 15.5 Å². The summed E-state index contributed by atoms with van der Waals surface area (Å²) in [7, 11) is -3.63. The van der Waals surface area contributed by atoms with E-state index in [1.165, 1.54) is 22.5 Å². The summed E-state index contributed by atoms with van der Waals surface area (Å²) >= 11 is 6.11. The van der Waals surface area contributed by atoms with Gasteiger partial charge < -0.3 is 9.84 Å². The summed E-state index contributed by atoms with van der Waals surface area (Å²) in [6.07, 6.45) is 1.67. The number of sulfonamides is 1. The molecule has 1 saturated heterocycles. The number of hydrogen-bond donors (Lipinski definition) is 1. The Kier molecular flexibility index (Phi) is 5.31. The van der Waals surface area contributed by atoms with Crippen LogP contribution in [0.5, 0.6) is 0 Å². The lowest BCUT2D eigenvalue weighted by molar-refractivity contribution is 0.0932. The highest BCUT2D eigenvalue weighted by atomic mass is 35.5. The molecular formula is C16H19ClN4O4S. The van der Waals surface area contributed by atoms with Crippen LogP contribution in [-0.2, 0) is 10.0 Å². The second-order valence-corrected chi connectivity index (χ2v) is 8.47. The number of aromatic nitrogens is 2. The molecule has 0 bridgehead atoms. The van der Waals surface area contributed by atoms with Crippen LogP contribution in [0.15, 0.2) is 27.6 Å². The lowest BCUT2D eigenvalue weighted by atomic mass is 10.2. The summed E-state index contributed by atoms with van der Waals surface area (Å²) in [5.41, 5.74) is 0.0787. The first-order valence-corrected chi connectivity index (χ1v) is 10.0. The van der Waals surface area contributed by atoms with E-state index in [2.05, 4.69) is 15.5 Å². The third kappa shape index (κ3) is 3.74. The minimum absolute atomic E-state index is 0.0511. The molecule has 1 atom stereocenters. The van der Waals surface area contributed by atoms with Crippen LogP contribution >= 0.6 is 11.6 Å². The fourth-order valence-electron chi connectivity index (χ4n) is 2.74. The van der Waals surface area contributed by atoms with Gasteiger partial charge >= 0.3 is 0 Å². The number of nitrogens with zero attached hydrogens (tertiary/aromatic N) is 3. The first-order chi connectivity index (χ1) is 12.3. The van der Waals surface area contributed by atoms with Gasteiger partial charge in [-0.1, -0.05) is 16.8 Å². The van der Waals surface area contributed by atoms with Gasteiger partial charge in [-0.05, 0) is 44.9 Å². The fourth-order valence-corrected chi connectivity index (χ4v) is 4.49. The van der Waals surface area contributed by atoms with E-state index >= 15 is 0 Å². The number of rotatable bonds is 5. The monoisotopic (exact) mass is 398 g/mol. The van der Waals surface area contributed by atoms with E-state index in [-0.39, 0.29) is 21.4 Å². The highest BCUT2D eigenvalue weighted by molar-refractivity contribution is 7.89. The SMILES string of the molecule is Cc1noc(C(C)NC(=O)c2cc(S(=O)(=O)N3CCCC3)ccc2Cl)n1. The van der Waals surface area contributed by atoms with Crippen LogP contribution in [-0.4, -0.2) is 41.9 Å². The Labute approximate surface area is 156 Å². The van der Waals surface area contributed by atoms with E-state index in [9.17, 15) is 13.2 Å². The summed E-state index contributed by atoms with van der Waals surface area (Å²) in [5, 5.41) is 6.53. The topological polar surface area (TPSA) is 105 Å². The van der Waals surface area contributed by atoms with Crippen LogP contribution in [0.4, 0.5) is 0 Å². The number of amides is 1. The Morgan fingerprint density at radius 1 is 1.35 bits per heavy atom. The molecule has 0 radical (unpaired) electrons. The number of benzene rings is 1. The van der Waals surface area contributed by atoms with Crippen molar-refractivity contribution in [3.63, 3.8) is 0 Å². The summed E-state index contributed by atoms with van der Waals surface area (Å²) < 4.78 is 31.8. The molecule has 3 rings (SSSR count). The third-order valence-electron chi connectivity index (χ3n) is 4.15. The lowest BCUT2D eigenvalue weighted by Gasteiger charge is -2.17. The maximum atomic E-state index is 12.7. The molecule has 1 fully saturated rings. The number of hydrogen-bond acceptors (Lipinski definition) is 6. The Balaban J connectivity index is 1.84. The molecule has 10 heteroatoms. The van der Waals surface area contributed by atoms with Crippen LogP contribution in [0.1, 0.15) is 47.9 Å². The van der Waals surface area contributed by atoms with Crippen LogP contribution in [0.25, 0.3) is 0 Å². The summed E-state index contributed by atoms with van der Waals surface area (Å²) in [6.45, 7) is 4.33. The van der Waals surface area contributed by atoms with Crippen molar-refractivity contribution in [2.45, 2.75) is 37.6 Å². The molecular weight excluding hydrogens is 380 g/mol. The maximum Gasteiger partial charge on any atom is 0.253 e. The summed E-state index contributed by atoms with van der Waals surface area (Å²) in [6, 6.07) is 3.59. The van der Waals surface area contributed by atoms with Crippen molar-refractivity contribution in [2.24, 2.45) is 0 Å². The number of aryl methyl sites for hydroxylation is 1. The molecule has 140 valence electrons. The van der Waals surface area contributed by atoms with Crippen LogP contribution in [0.2, 0.25) is 5.02 Å². The van der Waals surface area contributed by atoms with Crippen molar-refractivity contribution < 1.29 is 17.7 Å². The van der Waals surface area contributed by atoms with Gasteiger partial charge in [0.2, 0.25) is 15.9 Å². The third-order valence-corrected chi connectivity index (χ3v) is 6.37. The van der Waals surface area contributed by atoms with Gasteiger partial charge in [-0.15, -0.1) is 0 Å². The van der Waals surface area contributed by atoms with Crippen LogP contribution in [0, 0.1) is 6.92 Å². The molecule has 0 saturated carbocycles. The normalized spacial score (nSPS) is 16.6. The van der Waals surface area contributed by atoms with E-state index in [4.69, 9.17) is 16.1 Å². The predicted molar refractivity (Wildman–Crippen MR) is 94.4 cm³/mol. The number of halogens is 1. The Morgan fingerprint density at radius 3 is 2.65 bits per heavy atom. The van der Waals surface area contributed by atoms with E-state index < -0.39 is 22.0 Å². The molecule has 0 spiro atoms. The van der Waals surface area contributed by atoms with Crippen molar-refractivity contribution in [1.82, 2.24) is 19.8 Å². The van der Waals surface area contributed by atoms with E-state index in [0.29, 0.717) is 18.9 Å². The minimum Gasteiger partial charge on any atom is -0.340 e. The zero-order valence-electron chi connectivity index (χ0n) is 14.4. The van der Waals surface area contributed by atoms with Crippen molar-refractivity contribution in [2.75, 3.05) is 13.1 Å². The number of nitrogens with one attached hydrogen (secondary N) is 1. The molecule has 1 aromatic carbocycles. The predicted octanol–water partition coefficient (Wildman–Crippen LogP) is 2.31. The zero-order valence-corrected chi connectivity index (χ0v) is 16.0. The van der Waals surface area contributed by atoms with E-state index in [1.54, 1.807) is 13.8 Å². The van der Waals surface area contributed by atoms with Crippen molar-refractivity contribution in [3.8, 4) is 0 Å². The number of carbonyl (C=O) groups excluding carboxylic acids is 1. The Hall–Kier alpha value is -1.97. The smallest absolute Gasteiger partial charge is 0.253 e. The lowest BCUT2D eigenvalue weighted by Crippen LogP contribution is -2.29. The highest BCUT2D eigenvalue weighted by Gasteiger charge is 2.28. The quantitative estimate of drug-likeness (QED) is 0.828. The summed E-state index contributed by atoms with van der Waals surface area (Å²) in [5.74, 6) is 0.197. The van der Waals surface area contributed by atoms with Gasteiger partial charge in [0, 0.05) is 13.1 Å². The number of carbonyl (C=O) groups is 1. The van der Waals surface area contributed by atoms with Gasteiger partial charge in [-0.3, -0.25) is 4.79 Å². The second-order valence-electron chi connectivity index (χ2n) is 6.13. The second kappa shape index (κ2) is 7.34. The van der Waals surface area contributed by atoms with Crippen molar-refractivity contribution in [1.29, 1.82) is 0 Å². The van der Waals surface area contributed by atoms with Gasteiger partial charge in [-0.25, -0.2) is 8.42 Å². The van der Waals surface area contributed by atoms with Crippen LogP contribution in [0.3, 0.4) is 0 Å². The molecule has 1 N–H and O–H groups in total. The molecule has 1 aromatic heterocycles. The summed E-state index contributed by atoms with van der Waals surface area (Å²) in [4.78, 5) is 16.7. The first-order valence-electron chi connectivity index (χ1n) is 8.20. The first kappa shape index (κ1) is 18.8. The Morgan fingerprint density at radius 2 is 2.04 bits per heavy atom. The van der Waals surface area contributed by atoms with Gasteiger partial charge in [0.15, 0.2) is 5.82 Å². The van der Waals surface area contributed by atoms with Gasteiger partial charge in [-0.2, -0.15) is 9.29 Å². The molecule has 2 aromatic rings. The standard InChI is InChI=1S/C16H19ClN4O4S/c1-10(16-19-11(2)20-25-16)18-15(22)13-9-12(5-6-14(13)17)26(23,24)21-7-3-4-8-21/h5-6,9-10H,3-4,7-8H2,1-2H3,(H,18,22). The molecule has 26 heavy (non-hydrogen) atoms. The molecule has 8 nitrogen and oxygen atoms in total. The van der Waals surface area contributed by atoms with Crippen molar-refractivity contribution in [3.05, 3.63) is 40.5 Å². The zero-order chi connectivity index (χ0) is 18.9. The molecule has 0 aliphatic carbocycles. The maximum absolute atomic E-state index is 12.7. The van der Waals surface area contributed by atoms with Gasteiger partial charge in [0.25, 0.3) is 5.91 Å². The average Bonchev–Trinajstić information content (AvgIpc) is 3.26. The minimum atomic E-state index is -3.63. The van der Waals surface area contributed by atoms with E-state index in [1.807, 2.05) is 0 Å². The fraction of sp³-hybridized carbons (Fsp3) is 0.438. The highest BCUT2D eigenvalue weighted by Crippen LogP contribution is 2.25. The Bertz CT molecular complexity index is 922. The molecule has 1 amide bonds. The van der Waals surface area contributed by atoms with Crippen LogP contribution < -0.4 is 5.32 Å². The molecule has 1 aliphatic rings. The van der Waals surface area contributed by atoms with E-state index in [0.717, 1.165) is 12.8 Å². The molecule has 2 heterocycles. The largest absolute Gasteiger partial charge is 0.340 e. The van der Waals surface area contributed by atoms with Gasteiger partial charge in [0.1, 0.15) is 6.04 Å². The molecule has 1 unspecified atom stereocenters. The molecule has 1 aliphatic heterocycles. The average molecular weight is 399 g/mol.